The third-order valence-corrected chi connectivity index (χ3v) is 4.78. The van der Waals surface area contributed by atoms with Gasteiger partial charge in [0.1, 0.15) is 5.03 Å². The molecule has 0 spiro atoms. The first-order chi connectivity index (χ1) is 11.0. The molecule has 1 N–H and O–H groups in total. The van der Waals surface area contributed by atoms with E-state index >= 15 is 0 Å². The lowest BCUT2D eigenvalue weighted by atomic mass is 10.1. The fourth-order valence-corrected chi connectivity index (χ4v) is 3.40. The second-order valence-corrected chi connectivity index (χ2v) is 6.70. The number of carbonyl (C=O) groups excluding carboxylic acids is 1. The Morgan fingerprint density at radius 3 is 2.48 bits per heavy atom. The Kier molecular flexibility index (Phi) is 6.22. The Morgan fingerprint density at radius 1 is 1.17 bits per heavy atom. The van der Waals surface area contributed by atoms with E-state index in [-0.39, 0.29) is 5.91 Å². The van der Waals surface area contributed by atoms with Gasteiger partial charge in [0.25, 0.3) is 5.91 Å². The summed E-state index contributed by atoms with van der Waals surface area (Å²) < 4.78 is 0. The van der Waals surface area contributed by atoms with Crippen molar-refractivity contribution in [1.29, 1.82) is 0 Å². The fourth-order valence-electron chi connectivity index (χ4n) is 2.40. The number of pyridine rings is 1. The maximum Gasteiger partial charge on any atom is 0.258 e. The summed E-state index contributed by atoms with van der Waals surface area (Å²) in [5.74, 6) is 0.874. The highest BCUT2D eigenvalue weighted by atomic mass is 32.2. The van der Waals surface area contributed by atoms with Crippen molar-refractivity contribution in [2.24, 2.45) is 0 Å². The van der Waals surface area contributed by atoms with Crippen LogP contribution < -0.4 is 5.32 Å². The second kappa shape index (κ2) is 8.16. The Labute approximate surface area is 142 Å². The van der Waals surface area contributed by atoms with Crippen molar-refractivity contribution < 1.29 is 4.79 Å². The number of aryl methyl sites for hydroxylation is 3. The van der Waals surface area contributed by atoms with E-state index in [1.165, 1.54) is 5.56 Å². The summed E-state index contributed by atoms with van der Waals surface area (Å²) in [7, 11) is 0. The van der Waals surface area contributed by atoms with Crippen molar-refractivity contribution in [2.45, 2.75) is 45.6 Å². The quantitative estimate of drug-likeness (QED) is 0.757. The van der Waals surface area contributed by atoms with Gasteiger partial charge >= 0.3 is 0 Å². The molecule has 0 atom stereocenters. The molecule has 3 nitrogen and oxygen atoms in total. The van der Waals surface area contributed by atoms with E-state index in [2.05, 4.69) is 24.1 Å². The van der Waals surface area contributed by atoms with E-state index in [4.69, 9.17) is 0 Å². The minimum atomic E-state index is -0.0853. The average Bonchev–Trinajstić information content (AvgIpc) is 2.52. The summed E-state index contributed by atoms with van der Waals surface area (Å²) in [6.45, 7) is 8.19. The molecule has 1 aromatic heterocycles. The van der Waals surface area contributed by atoms with Crippen LogP contribution in [0.15, 0.2) is 35.4 Å². The number of thioether (sulfide) groups is 1. The van der Waals surface area contributed by atoms with E-state index in [9.17, 15) is 4.79 Å². The Hall–Kier alpha value is -1.81. The van der Waals surface area contributed by atoms with E-state index in [1.54, 1.807) is 11.8 Å². The summed E-state index contributed by atoms with van der Waals surface area (Å²) in [4.78, 5) is 17.3. The molecule has 0 radical (unpaired) electrons. The summed E-state index contributed by atoms with van der Waals surface area (Å²) in [6, 6.07) is 9.95. The maximum absolute atomic E-state index is 12.7. The second-order valence-electron chi connectivity index (χ2n) is 5.61. The Morgan fingerprint density at radius 2 is 1.87 bits per heavy atom. The van der Waals surface area contributed by atoms with Gasteiger partial charge in [0.05, 0.1) is 5.56 Å². The number of carbonyl (C=O) groups is 1. The number of anilines is 1. The third-order valence-electron chi connectivity index (χ3n) is 3.60. The molecule has 122 valence electrons. The van der Waals surface area contributed by atoms with Crippen molar-refractivity contribution in [3.63, 3.8) is 0 Å². The molecule has 2 rings (SSSR count). The lowest BCUT2D eigenvalue weighted by Gasteiger charge is -2.13. The zero-order chi connectivity index (χ0) is 16.8. The van der Waals surface area contributed by atoms with Crippen molar-refractivity contribution in [3.8, 4) is 0 Å². The largest absolute Gasteiger partial charge is 0.322 e. The summed E-state index contributed by atoms with van der Waals surface area (Å²) >= 11 is 1.65. The molecule has 0 unspecified atom stereocenters. The van der Waals surface area contributed by atoms with Gasteiger partial charge in [-0.3, -0.25) is 4.79 Å². The molecule has 0 aliphatic heterocycles. The highest BCUT2D eigenvalue weighted by Crippen LogP contribution is 2.26. The van der Waals surface area contributed by atoms with Crippen LogP contribution in [0.1, 0.15) is 47.4 Å². The predicted molar refractivity (Wildman–Crippen MR) is 98.5 cm³/mol. The van der Waals surface area contributed by atoms with Crippen molar-refractivity contribution in [1.82, 2.24) is 4.98 Å². The van der Waals surface area contributed by atoms with Crippen LogP contribution >= 0.6 is 11.8 Å². The zero-order valence-corrected chi connectivity index (χ0v) is 15.1. The first-order valence-corrected chi connectivity index (χ1v) is 9.05. The van der Waals surface area contributed by atoms with Crippen molar-refractivity contribution >= 4 is 23.4 Å². The molecule has 0 bridgehead atoms. The van der Waals surface area contributed by atoms with Crippen LogP contribution in [0.25, 0.3) is 0 Å². The van der Waals surface area contributed by atoms with Gasteiger partial charge < -0.3 is 5.32 Å². The Bertz CT molecular complexity index is 681. The number of hydrogen-bond donors (Lipinski definition) is 1. The molecule has 2 aromatic rings. The topological polar surface area (TPSA) is 42.0 Å². The maximum atomic E-state index is 12.7. The van der Waals surface area contributed by atoms with Crippen LogP contribution in [-0.2, 0) is 6.42 Å². The minimum Gasteiger partial charge on any atom is -0.322 e. The van der Waals surface area contributed by atoms with Crippen LogP contribution in [0, 0.1) is 13.8 Å². The number of hydrogen-bond acceptors (Lipinski definition) is 3. The van der Waals surface area contributed by atoms with Gasteiger partial charge in [-0.25, -0.2) is 4.98 Å². The smallest absolute Gasteiger partial charge is 0.258 e. The van der Waals surface area contributed by atoms with Crippen LogP contribution in [0.5, 0.6) is 0 Å². The number of rotatable bonds is 6. The zero-order valence-electron chi connectivity index (χ0n) is 14.3. The van der Waals surface area contributed by atoms with E-state index in [0.29, 0.717) is 5.56 Å². The average molecular weight is 328 g/mol. The molecule has 1 heterocycles. The summed E-state index contributed by atoms with van der Waals surface area (Å²) in [6.07, 6.45) is 2.05. The normalized spacial score (nSPS) is 10.6. The first kappa shape index (κ1) is 17.5. The van der Waals surface area contributed by atoms with Gasteiger partial charge in [-0.2, -0.15) is 0 Å². The molecule has 23 heavy (non-hydrogen) atoms. The van der Waals surface area contributed by atoms with Gasteiger partial charge in [0.2, 0.25) is 0 Å². The van der Waals surface area contributed by atoms with Crippen LogP contribution in [0.2, 0.25) is 0 Å². The minimum absolute atomic E-state index is 0.0853. The number of benzene rings is 1. The highest BCUT2D eigenvalue weighted by Gasteiger charge is 2.17. The van der Waals surface area contributed by atoms with E-state index < -0.39 is 0 Å². The van der Waals surface area contributed by atoms with Crippen LogP contribution in [0.4, 0.5) is 5.69 Å². The molecule has 0 saturated heterocycles. The lowest BCUT2D eigenvalue weighted by Crippen LogP contribution is -2.16. The molecule has 0 aliphatic rings. The first-order valence-electron chi connectivity index (χ1n) is 8.06. The van der Waals surface area contributed by atoms with Gasteiger partial charge in [-0.05, 0) is 61.8 Å². The molecule has 1 amide bonds. The molecule has 4 heteroatoms. The molecule has 0 fully saturated rings. The van der Waals surface area contributed by atoms with Crippen molar-refractivity contribution in [2.75, 3.05) is 11.1 Å². The lowest BCUT2D eigenvalue weighted by molar-refractivity contribution is 0.102. The number of aromatic nitrogens is 1. The number of nitrogens with zero attached hydrogens (tertiary/aromatic N) is 1. The molecule has 1 aromatic carbocycles. The molecular formula is C19H24N2OS. The summed E-state index contributed by atoms with van der Waals surface area (Å²) in [5, 5.41) is 3.82. The number of nitrogens with one attached hydrogen (secondary N) is 1. The summed E-state index contributed by atoms with van der Waals surface area (Å²) in [5.41, 5.74) is 4.69. The highest BCUT2D eigenvalue weighted by molar-refractivity contribution is 7.99. The van der Waals surface area contributed by atoms with Crippen molar-refractivity contribution in [3.05, 3.63) is 52.7 Å². The monoisotopic (exact) mass is 328 g/mol. The van der Waals surface area contributed by atoms with Gasteiger partial charge in [-0.15, -0.1) is 11.8 Å². The van der Waals surface area contributed by atoms with Gasteiger partial charge in [0.15, 0.2) is 0 Å². The molecular weight excluding hydrogens is 304 g/mol. The van der Waals surface area contributed by atoms with Crippen LogP contribution in [-0.4, -0.2) is 16.6 Å². The van der Waals surface area contributed by atoms with Gasteiger partial charge in [-0.1, -0.05) is 26.0 Å². The third kappa shape index (κ3) is 4.58. The SMILES string of the molecule is CCCSc1nc(C)cc(C)c1C(=O)Nc1ccc(CC)cc1. The van der Waals surface area contributed by atoms with Crippen LogP contribution in [0.3, 0.4) is 0 Å². The molecule has 0 aliphatic carbocycles. The fraction of sp³-hybridized carbons (Fsp3) is 0.368. The van der Waals surface area contributed by atoms with E-state index in [0.717, 1.165) is 40.6 Å². The standard InChI is InChI=1S/C19H24N2OS/c1-5-11-23-19-17(13(3)12-14(4)20-19)18(22)21-16-9-7-15(6-2)8-10-16/h7-10,12H,5-6,11H2,1-4H3,(H,21,22). The predicted octanol–water partition coefficient (Wildman–Crippen LogP) is 5.02. The van der Waals surface area contributed by atoms with E-state index in [1.807, 2.05) is 44.2 Å². The van der Waals surface area contributed by atoms with Gasteiger partial charge in [0, 0.05) is 11.4 Å². The Balaban J connectivity index is 2.26. The molecule has 0 saturated carbocycles. The number of amides is 1.